The van der Waals surface area contributed by atoms with Crippen molar-refractivity contribution in [2.45, 2.75) is 70.3 Å². The van der Waals surface area contributed by atoms with Crippen molar-refractivity contribution in [3.63, 3.8) is 0 Å². The lowest BCUT2D eigenvalue weighted by Crippen LogP contribution is -2.43. The van der Waals surface area contributed by atoms with Crippen LogP contribution in [0.1, 0.15) is 84.0 Å². The standard InChI is InChI=1S/C27H34N2O3/c1-26(2,31)24(29-25(30)23(15-18-28)20-9-5-4-6-10-20)21-11-13-22(14-12-21)32-19-27(3)16-7-8-17-27/h4-6,9-14,23-24,31H,7-8,15-17,19H2,1-3H3,(H,29,30)/t23-,24+/m0/s1/i1D3,2D3. The first-order valence-corrected chi connectivity index (χ1v) is 10.9. The van der Waals surface area contributed by atoms with E-state index in [4.69, 9.17) is 13.0 Å². The molecule has 32 heavy (non-hydrogen) atoms. The maximum atomic E-state index is 13.4. The Balaban J connectivity index is 1.97. The molecule has 5 heteroatoms. The molecule has 1 amide bonds. The lowest BCUT2D eigenvalue weighted by Gasteiger charge is -2.32. The maximum Gasteiger partial charge on any atom is 0.229 e. The van der Waals surface area contributed by atoms with Crippen molar-refractivity contribution in [2.75, 3.05) is 6.61 Å². The number of nitrogens with zero attached hydrogens (tertiary/aromatic N) is 1. The summed E-state index contributed by atoms with van der Waals surface area (Å²) in [5.74, 6) is -1.27. The number of benzene rings is 2. The Labute approximate surface area is 199 Å². The van der Waals surface area contributed by atoms with Gasteiger partial charge in [-0.15, -0.1) is 0 Å². The molecule has 1 aliphatic rings. The highest BCUT2D eigenvalue weighted by atomic mass is 16.5. The molecule has 170 valence electrons. The van der Waals surface area contributed by atoms with Gasteiger partial charge in [0.1, 0.15) is 5.75 Å². The summed E-state index contributed by atoms with van der Waals surface area (Å²) in [6, 6.07) is 14.6. The summed E-state index contributed by atoms with van der Waals surface area (Å²) >= 11 is 0. The highest BCUT2D eigenvalue weighted by Crippen LogP contribution is 2.38. The third-order valence-corrected chi connectivity index (χ3v) is 6.13. The number of hydrogen-bond donors (Lipinski definition) is 2. The van der Waals surface area contributed by atoms with E-state index in [1.807, 2.05) is 6.07 Å². The normalized spacial score (nSPS) is 20.8. The Morgan fingerprint density at radius 1 is 1.19 bits per heavy atom. The minimum absolute atomic E-state index is 0.0745. The van der Waals surface area contributed by atoms with Crippen molar-refractivity contribution in [3.8, 4) is 11.8 Å². The number of ether oxygens (including phenoxy) is 1. The predicted octanol–water partition coefficient (Wildman–Crippen LogP) is 5.27. The van der Waals surface area contributed by atoms with Gasteiger partial charge in [-0.25, -0.2) is 0 Å². The molecule has 0 bridgehead atoms. The van der Waals surface area contributed by atoms with E-state index >= 15 is 0 Å². The zero-order valence-corrected chi connectivity index (χ0v) is 18.3. The summed E-state index contributed by atoms with van der Waals surface area (Å²) in [7, 11) is 0. The van der Waals surface area contributed by atoms with Gasteiger partial charge in [0, 0.05) is 13.6 Å². The van der Waals surface area contributed by atoms with Crippen molar-refractivity contribution in [1.82, 2.24) is 5.32 Å². The molecule has 1 saturated carbocycles. The molecule has 0 radical (unpaired) electrons. The van der Waals surface area contributed by atoms with Gasteiger partial charge in [-0.1, -0.05) is 62.2 Å². The number of carbonyl (C=O) groups is 1. The van der Waals surface area contributed by atoms with Crippen LogP contribution in [0, 0.1) is 16.7 Å². The molecule has 0 unspecified atom stereocenters. The average Bonchev–Trinajstić information content (AvgIpc) is 3.30. The molecule has 0 aromatic heterocycles. The van der Waals surface area contributed by atoms with Crippen LogP contribution in [0.25, 0.3) is 0 Å². The zero-order valence-electron chi connectivity index (χ0n) is 24.3. The number of amides is 1. The van der Waals surface area contributed by atoms with Crippen molar-refractivity contribution in [2.24, 2.45) is 5.41 Å². The first-order chi connectivity index (χ1) is 17.7. The van der Waals surface area contributed by atoms with E-state index in [1.54, 1.807) is 42.5 Å². The second kappa shape index (κ2) is 10.2. The largest absolute Gasteiger partial charge is 0.493 e. The first kappa shape index (κ1) is 16.7. The van der Waals surface area contributed by atoms with Gasteiger partial charge in [0.25, 0.3) is 0 Å². The number of nitrogens with one attached hydrogen (secondary N) is 1. The van der Waals surface area contributed by atoms with E-state index in [-0.39, 0.29) is 17.4 Å². The van der Waals surface area contributed by atoms with Gasteiger partial charge in [-0.3, -0.25) is 4.79 Å². The number of rotatable bonds is 9. The van der Waals surface area contributed by atoms with Crippen molar-refractivity contribution in [1.29, 1.82) is 5.26 Å². The molecular weight excluding hydrogens is 400 g/mol. The molecule has 0 saturated heterocycles. The van der Waals surface area contributed by atoms with E-state index in [0.29, 0.717) is 17.9 Å². The Morgan fingerprint density at radius 3 is 2.44 bits per heavy atom. The van der Waals surface area contributed by atoms with Crippen LogP contribution in [0.2, 0.25) is 0 Å². The molecule has 1 aliphatic carbocycles. The molecular formula is C27H34N2O3. The van der Waals surface area contributed by atoms with Gasteiger partial charge in [0.15, 0.2) is 0 Å². The fraction of sp³-hybridized carbons (Fsp3) is 0.481. The fourth-order valence-corrected chi connectivity index (χ4v) is 4.20. The zero-order chi connectivity index (χ0) is 28.2. The van der Waals surface area contributed by atoms with Gasteiger partial charge in [0.2, 0.25) is 5.91 Å². The van der Waals surface area contributed by atoms with Crippen LogP contribution < -0.4 is 10.1 Å². The van der Waals surface area contributed by atoms with E-state index < -0.39 is 37.2 Å². The van der Waals surface area contributed by atoms with Crippen LogP contribution in [0.15, 0.2) is 54.6 Å². The maximum absolute atomic E-state index is 13.4. The van der Waals surface area contributed by atoms with Gasteiger partial charge in [-0.2, -0.15) is 5.26 Å². The van der Waals surface area contributed by atoms with Crippen molar-refractivity contribution in [3.05, 3.63) is 65.7 Å². The Hall–Kier alpha value is -2.84. The van der Waals surface area contributed by atoms with Gasteiger partial charge in [0.05, 0.1) is 36.7 Å². The van der Waals surface area contributed by atoms with Gasteiger partial charge >= 0.3 is 0 Å². The average molecular weight is 441 g/mol. The molecule has 0 aliphatic heterocycles. The minimum Gasteiger partial charge on any atom is -0.493 e. The highest BCUT2D eigenvalue weighted by molar-refractivity contribution is 5.84. The van der Waals surface area contributed by atoms with Crippen LogP contribution in [-0.2, 0) is 4.79 Å². The molecule has 5 nitrogen and oxygen atoms in total. The second-order valence-corrected chi connectivity index (χ2v) is 8.91. The number of carbonyl (C=O) groups excluding carboxylic acids is 1. The highest BCUT2D eigenvalue weighted by Gasteiger charge is 2.33. The SMILES string of the molecule is [2H]C([2H])([2H])C(O)([C@H](NC(=O)[C@@H](CC#N)c1ccccc1)c1ccc(OCC2(C)CCCC2)cc1)C([2H])([2H])[2H]. The van der Waals surface area contributed by atoms with E-state index in [2.05, 4.69) is 12.2 Å². The second-order valence-electron chi connectivity index (χ2n) is 8.91. The van der Waals surface area contributed by atoms with Crippen molar-refractivity contribution >= 4 is 5.91 Å². The lowest BCUT2D eigenvalue weighted by atomic mass is 9.89. The van der Waals surface area contributed by atoms with Crippen LogP contribution in [0.4, 0.5) is 0 Å². The molecule has 2 aromatic carbocycles. The summed E-state index contributed by atoms with van der Waals surface area (Å²) in [5, 5.41) is 23.1. The number of aliphatic hydroxyl groups is 1. The summed E-state index contributed by atoms with van der Waals surface area (Å²) in [4.78, 5) is 13.4. The van der Waals surface area contributed by atoms with E-state index in [9.17, 15) is 15.2 Å². The number of hydrogen-bond acceptors (Lipinski definition) is 4. The Kier molecular flexibility index (Phi) is 5.33. The molecule has 0 spiro atoms. The number of nitriles is 1. The van der Waals surface area contributed by atoms with Crippen LogP contribution in [-0.4, -0.2) is 23.2 Å². The quantitative estimate of drug-likeness (QED) is 0.556. The molecule has 2 N–H and O–H groups in total. The van der Waals surface area contributed by atoms with Crippen molar-refractivity contribution < 1.29 is 22.9 Å². The molecule has 2 aromatic rings. The van der Waals surface area contributed by atoms with E-state index in [1.165, 1.54) is 12.1 Å². The van der Waals surface area contributed by atoms with E-state index in [0.717, 1.165) is 25.7 Å². The third kappa shape index (κ3) is 6.11. The summed E-state index contributed by atoms with van der Waals surface area (Å²) < 4.78 is 53.6. The van der Waals surface area contributed by atoms with Crippen LogP contribution in [0.3, 0.4) is 0 Å². The lowest BCUT2D eigenvalue weighted by molar-refractivity contribution is -0.125. The smallest absolute Gasteiger partial charge is 0.229 e. The molecule has 1 fully saturated rings. The van der Waals surface area contributed by atoms with Crippen LogP contribution >= 0.6 is 0 Å². The fourth-order valence-electron chi connectivity index (χ4n) is 4.20. The summed E-state index contributed by atoms with van der Waals surface area (Å²) in [6.45, 7) is -4.11. The topological polar surface area (TPSA) is 82.4 Å². The summed E-state index contributed by atoms with van der Waals surface area (Å²) in [6.07, 6.45) is 4.20. The van der Waals surface area contributed by atoms with Gasteiger partial charge in [-0.05, 0) is 49.8 Å². The minimum atomic E-state index is -3.39. The Morgan fingerprint density at radius 2 is 1.84 bits per heavy atom. The molecule has 2 atom stereocenters. The molecule has 3 rings (SSSR count). The Bertz CT molecular complexity index is 1110. The third-order valence-electron chi connectivity index (χ3n) is 6.13. The monoisotopic (exact) mass is 440 g/mol. The van der Waals surface area contributed by atoms with Crippen LogP contribution in [0.5, 0.6) is 5.75 Å². The molecule has 0 heterocycles. The predicted molar refractivity (Wildman–Crippen MR) is 125 cm³/mol. The van der Waals surface area contributed by atoms with Gasteiger partial charge < -0.3 is 15.2 Å². The first-order valence-electron chi connectivity index (χ1n) is 13.9. The summed E-state index contributed by atoms with van der Waals surface area (Å²) in [5.41, 5.74) is -2.66.